The SMILES string of the molecule is CC(=O)N(Cc1ccc(CNCc2cc(C)cc(C)c2)cc1)c1cc(C)cc(C)c1. The Morgan fingerprint density at radius 1 is 0.700 bits per heavy atom. The Bertz CT molecular complexity index is 981. The van der Waals surface area contributed by atoms with Gasteiger partial charge in [-0.15, -0.1) is 0 Å². The number of hydrogen-bond donors (Lipinski definition) is 1. The van der Waals surface area contributed by atoms with Crippen LogP contribution in [0.5, 0.6) is 0 Å². The van der Waals surface area contributed by atoms with Crippen LogP contribution in [0.15, 0.2) is 60.7 Å². The summed E-state index contributed by atoms with van der Waals surface area (Å²) in [5, 5.41) is 3.52. The van der Waals surface area contributed by atoms with Gasteiger partial charge in [0.2, 0.25) is 5.91 Å². The Labute approximate surface area is 180 Å². The second-order valence-corrected chi connectivity index (χ2v) is 8.37. The molecule has 0 heterocycles. The summed E-state index contributed by atoms with van der Waals surface area (Å²) in [7, 11) is 0. The van der Waals surface area contributed by atoms with Gasteiger partial charge in [-0.25, -0.2) is 0 Å². The zero-order valence-electron chi connectivity index (χ0n) is 18.8. The number of nitrogens with one attached hydrogen (secondary N) is 1. The number of rotatable bonds is 7. The van der Waals surface area contributed by atoms with E-state index in [1.807, 2.05) is 4.90 Å². The van der Waals surface area contributed by atoms with E-state index < -0.39 is 0 Å². The molecule has 0 radical (unpaired) electrons. The van der Waals surface area contributed by atoms with E-state index in [0.717, 1.165) is 24.3 Å². The Morgan fingerprint density at radius 3 is 1.70 bits per heavy atom. The van der Waals surface area contributed by atoms with Crippen molar-refractivity contribution in [1.82, 2.24) is 5.32 Å². The van der Waals surface area contributed by atoms with Crippen LogP contribution in [0.25, 0.3) is 0 Å². The molecule has 3 nitrogen and oxygen atoms in total. The summed E-state index contributed by atoms with van der Waals surface area (Å²) in [4.78, 5) is 14.1. The molecule has 0 aromatic heterocycles. The lowest BCUT2D eigenvalue weighted by molar-refractivity contribution is -0.116. The van der Waals surface area contributed by atoms with Crippen molar-refractivity contribution in [2.75, 3.05) is 4.90 Å². The van der Waals surface area contributed by atoms with Crippen LogP contribution in [-0.2, 0) is 24.4 Å². The molecule has 0 aliphatic rings. The summed E-state index contributed by atoms with van der Waals surface area (Å²) < 4.78 is 0. The van der Waals surface area contributed by atoms with Crippen LogP contribution in [0.3, 0.4) is 0 Å². The number of hydrogen-bond acceptors (Lipinski definition) is 2. The van der Waals surface area contributed by atoms with Gasteiger partial charge in [-0.1, -0.05) is 59.7 Å². The molecule has 3 rings (SSSR count). The topological polar surface area (TPSA) is 32.3 Å². The minimum absolute atomic E-state index is 0.0548. The van der Waals surface area contributed by atoms with Crippen molar-refractivity contribution in [3.8, 4) is 0 Å². The van der Waals surface area contributed by atoms with Gasteiger partial charge >= 0.3 is 0 Å². The summed E-state index contributed by atoms with van der Waals surface area (Å²) in [6, 6.07) is 21.4. The molecule has 3 aromatic carbocycles. The van der Waals surface area contributed by atoms with Crippen molar-refractivity contribution in [3.63, 3.8) is 0 Å². The molecule has 3 heteroatoms. The van der Waals surface area contributed by atoms with Crippen LogP contribution in [-0.4, -0.2) is 5.91 Å². The molecule has 0 spiro atoms. The molecule has 0 saturated carbocycles. The predicted molar refractivity (Wildman–Crippen MR) is 126 cm³/mol. The molecule has 3 aromatic rings. The van der Waals surface area contributed by atoms with Crippen molar-refractivity contribution in [2.45, 2.75) is 54.3 Å². The van der Waals surface area contributed by atoms with Gasteiger partial charge in [0.15, 0.2) is 0 Å². The maximum absolute atomic E-state index is 12.3. The second-order valence-electron chi connectivity index (χ2n) is 8.37. The van der Waals surface area contributed by atoms with E-state index in [1.165, 1.54) is 33.4 Å². The maximum Gasteiger partial charge on any atom is 0.224 e. The van der Waals surface area contributed by atoms with E-state index in [1.54, 1.807) is 6.92 Å². The lowest BCUT2D eigenvalue weighted by atomic mass is 10.1. The van der Waals surface area contributed by atoms with Gasteiger partial charge in [0, 0.05) is 25.7 Å². The van der Waals surface area contributed by atoms with Crippen LogP contribution in [0.4, 0.5) is 5.69 Å². The molecule has 1 amide bonds. The van der Waals surface area contributed by atoms with E-state index in [-0.39, 0.29) is 5.91 Å². The first kappa shape index (κ1) is 21.8. The number of carbonyl (C=O) groups excluding carboxylic acids is 1. The molecule has 0 aliphatic carbocycles. The molecule has 0 saturated heterocycles. The third kappa shape index (κ3) is 6.04. The number of aryl methyl sites for hydroxylation is 4. The molecule has 1 N–H and O–H groups in total. The number of benzene rings is 3. The summed E-state index contributed by atoms with van der Waals surface area (Å²) in [6.45, 7) is 12.3. The zero-order valence-corrected chi connectivity index (χ0v) is 18.8. The van der Waals surface area contributed by atoms with E-state index >= 15 is 0 Å². The van der Waals surface area contributed by atoms with Crippen LogP contribution in [0, 0.1) is 27.7 Å². The van der Waals surface area contributed by atoms with E-state index in [9.17, 15) is 4.79 Å². The molecule has 0 bridgehead atoms. The van der Waals surface area contributed by atoms with Gasteiger partial charge in [-0.2, -0.15) is 0 Å². The molecule has 30 heavy (non-hydrogen) atoms. The highest BCUT2D eigenvalue weighted by atomic mass is 16.2. The van der Waals surface area contributed by atoms with Gasteiger partial charge in [0.05, 0.1) is 6.54 Å². The Balaban J connectivity index is 1.62. The van der Waals surface area contributed by atoms with Crippen molar-refractivity contribution in [3.05, 3.63) is 99.6 Å². The van der Waals surface area contributed by atoms with Crippen molar-refractivity contribution < 1.29 is 4.79 Å². The number of anilines is 1. The monoisotopic (exact) mass is 400 g/mol. The van der Waals surface area contributed by atoms with E-state index in [0.29, 0.717) is 6.54 Å². The van der Waals surface area contributed by atoms with Crippen molar-refractivity contribution in [2.24, 2.45) is 0 Å². The summed E-state index contributed by atoms with van der Waals surface area (Å²) in [6.07, 6.45) is 0. The summed E-state index contributed by atoms with van der Waals surface area (Å²) >= 11 is 0. The van der Waals surface area contributed by atoms with Crippen molar-refractivity contribution >= 4 is 11.6 Å². The molecule has 0 unspecified atom stereocenters. The summed E-state index contributed by atoms with van der Waals surface area (Å²) in [5.41, 5.74) is 9.58. The molecule has 0 aliphatic heterocycles. The van der Waals surface area contributed by atoms with Crippen molar-refractivity contribution in [1.29, 1.82) is 0 Å². The minimum Gasteiger partial charge on any atom is -0.309 e. The zero-order chi connectivity index (χ0) is 21.7. The van der Waals surface area contributed by atoms with Gasteiger partial charge in [-0.05, 0) is 67.6 Å². The minimum atomic E-state index is 0.0548. The Morgan fingerprint density at radius 2 is 1.17 bits per heavy atom. The predicted octanol–water partition coefficient (Wildman–Crippen LogP) is 5.76. The largest absolute Gasteiger partial charge is 0.309 e. The van der Waals surface area contributed by atoms with Crippen LogP contribution >= 0.6 is 0 Å². The third-order valence-corrected chi connectivity index (χ3v) is 5.20. The molecular formula is C27H32N2O. The maximum atomic E-state index is 12.3. The standard InChI is InChI=1S/C27H32N2O/c1-19-10-20(2)13-26(12-19)17-28-16-24-6-8-25(9-7-24)18-29(23(5)30)27-14-21(3)11-22(4)15-27/h6-15,28H,16-18H2,1-5H3. The van der Waals surface area contributed by atoms with Gasteiger partial charge in [0.25, 0.3) is 0 Å². The fraction of sp³-hybridized carbons (Fsp3) is 0.296. The first-order valence-electron chi connectivity index (χ1n) is 10.5. The van der Waals surface area contributed by atoms with Crippen LogP contribution in [0.2, 0.25) is 0 Å². The lowest BCUT2D eigenvalue weighted by Gasteiger charge is -2.22. The van der Waals surface area contributed by atoms with Gasteiger partial charge < -0.3 is 10.2 Å². The fourth-order valence-corrected chi connectivity index (χ4v) is 3.96. The number of amides is 1. The van der Waals surface area contributed by atoms with Crippen LogP contribution < -0.4 is 10.2 Å². The Hall–Kier alpha value is -2.91. The normalized spacial score (nSPS) is 10.8. The first-order valence-corrected chi connectivity index (χ1v) is 10.5. The second kappa shape index (κ2) is 9.73. The Kier molecular flexibility index (Phi) is 7.07. The number of nitrogens with zero attached hydrogens (tertiary/aromatic N) is 1. The highest BCUT2D eigenvalue weighted by molar-refractivity contribution is 5.91. The smallest absolute Gasteiger partial charge is 0.224 e. The van der Waals surface area contributed by atoms with Gasteiger partial charge in [-0.3, -0.25) is 4.79 Å². The summed E-state index contributed by atoms with van der Waals surface area (Å²) in [5.74, 6) is 0.0548. The van der Waals surface area contributed by atoms with Gasteiger partial charge in [0.1, 0.15) is 0 Å². The molecular weight excluding hydrogens is 368 g/mol. The lowest BCUT2D eigenvalue weighted by Crippen LogP contribution is -2.28. The van der Waals surface area contributed by atoms with Crippen LogP contribution in [0.1, 0.15) is 45.9 Å². The third-order valence-electron chi connectivity index (χ3n) is 5.20. The van der Waals surface area contributed by atoms with E-state index in [2.05, 4.69) is 93.7 Å². The highest BCUT2D eigenvalue weighted by Crippen LogP contribution is 2.21. The molecule has 0 fully saturated rings. The quantitative estimate of drug-likeness (QED) is 0.546. The van der Waals surface area contributed by atoms with E-state index in [4.69, 9.17) is 0 Å². The first-order chi connectivity index (χ1) is 14.3. The average molecular weight is 401 g/mol. The highest BCUT2D eigenvalue weighted by Gasteiger charge is 2.13. The molecule has 156 valence electrons. The average Bonchev–Trinajstić information content (AvgIpc) is 2.65. The molecule has 0 atom stereocenters. The fourth-order valence-electron chi connectivity index (χ4n) is 3.96. The number of carbonyl (C=O) groups is 1.